The van der Waals surface area contributed by atoms with Crippen molar-refractivity contribution in [3.05, 3.63) is 20.6 Å². The van der Waals surface area contributed by atoms with E-state index in [9.17, 15) is 0 Å². The molecule has 0 saturated heterocycles. The molecule has 0 aliphatic heterocycles. The van der Waals surface area contributed by atoms with Crippen molar-refractivity contribution in [1.82, 2.24) is 0 Å². The van der Waals surface area contributed by atoms with Crippen LogP contribution in [-0.2, 0) is 24.4 Å². The maximum atomic E-state index is 2.29. The molecule has 0 aromatic rings. The van der Waals surface area contributed by atoms with Gasteiger partial charge in [0.1, 0.15) is 0 Å². The van der Waals surface area contributed by atoms with Gasteiger partial charge in [-0.2, -0.15) is 0 Å². The SMILES string of the molecule is CC1=CC(C)=[C]([Hf+2])C1.[Cl-].[Cl-]. The Balaban J connectivity index is 0. The standard InChI is InChI=1S/C7H9.2ClH.Hf/c1-6-3-4-7(2)5-6;;;/h5H,3H2,1-2H3;2*1H;/q;;;+2/p-2. The smallest absolute Gasteiger partial charge is 1.00 e. The maximum Gasteiger partial charge on any atom is -1.00 e. The molecule has 0 N–H and O–H groups in total. The molecule has 0 amide bonds. The first-order valence-electron chi connectivity index (χ1n) is 2.78. The van der Waals surface area contributed by atoms with Gasteiger partial charge in [-0.3, -0.25) is 0 Å². The minimum absolute atomic E-state index is 0. The van der Waals surface area contributed by atoms with Crippen molar-refractivity contribution in [2.24, 2.45) is 0 Å². The van der Waals surface area contributed by atoms with E-state index in [4.69, 9.17) is 0 Å². The van der Waals surface area contributed by atoms with Crippen molar-refractivity contribution < 1.29 is 49.2 Å². The molecular formula is C7H9Cl2Hf. The zero-order valence-electron chi connectivity index (χ0n) is 6.04. The van der Waals surface area contributed by atoms with Crippen molar-refractivity contribution in [3.8, 4) is 0 Å². The Bertz CT molecular complexity index is 170. The summed E-state index contributed by atoms with van der Waals surface area (Å²) in [6.07, 6.45) is 3.56. The summed E-state index contributed by atoms with van der Waals surface area (Å²) in [5.74, 6) is 0. The third-order valence-electron chi connectivity index (χ3n) is 1.39. The van der Waals surface area contributed by atoms with E-state index < -0.39 is 0 Å². The molecule has 0 nitrogen and oxygen atoms in total. The van der Waals surface area contributed by atoms with Crippen LogP contribution in [0.25, 0.3) is 0 Å². The Labute approximate surface area is 89.5 Å². The summed E-state index contributed by atoms with van der Waals surface area (Å²) in [7, 11) is 0. The number of rotatable bonds is 0. The van der Waals surface area contributed by atoms with E-state index in [-0.39, 0.29) is 24.8 Å². The van der Waals surface area contributed by atoms with Crippen molar-refractivity contribution in [3.63, 3.8) is 0 Å². The summed E-state index contributed by atoms with van der Waals surface area (Å²) in [6, 6.07) is 0. The van der Waals surface area contributed by atoms with Crippen molar-refractivity contribution in [2.45, 2.75) is 20.3 Å². The fourth-order valence-corrected chi connectivity index (χ4v) is 2.19. The van der Waals surface area contributed by atoms with Crippen molar-refractivity contribution in [1.29, 1.82) is 0 Å². The summed E-state index contributed by atoms with van der Waals surface area (Å²) in [5, 5.41) is 0. The van der Waals surface area contributed by atoms with Gasteiger partial charge < -0.3 is 24.8 Å². The number of allylic oxidation sites excluding steroid dienone is 4. The van der Waals surface area contributed by atoms with Crippen LogP contribution in [0, 0.1) is 0 Å². The molecule has 0 radical (unpaired) electrons. The Morgan fingerprint density at radius 3 is 1.90 bits per heavy atom. The zero-order chi connectivity index (χ0) is 6.15. The topological polar surface area (TPSA) is 0 Å². The molecular weight excluding hydrogens is 333 g/mol. The zero-order valence-corrected chi connectivity index (χ0v) is 11.1. The van der Waals surface area contributed by atoms with Gasteiger partial charge in [0.15, 0.2) is 0 Å². The van der Waals surface area contributed by atoms with Crippen LogP contribution in [0.4, 0.5) is 0 Å². The Kier molecular flexibility index (Phi) is 7.52. The van der Waals surface area contributed by atoms with Crippen LogP contribution < -0.4 is 24.8 Å². The molecule has 0 saturated carbocycles. The molecule has 55 valence electrons. The third-order valence-corrected chi connectivity index (χ3v) is 3.45. The van der Waals surface area contributed by atoms with E-state index in [1.165, 1.54) is 41.9 Å². The van der Waals surface area contributed by atoms with Crippen LogP contribution in [0.2, 0.25) is 0 Å². The number of halogens is 2. The van der Waals surface area contributed by atoms with E-state index in [0.29, 0.717) is 0 Å². The number of hydrogen-bond donors (Lipinski definition) is 0. The van der Waals surface area contributed by atoms with Gasteiger partial charge in [0, 0.05) is 0 Å². The van der Waals surface area contributed by atoms with Gasteiger partial charge in [-0.25, -0.2) is 0 Å². The normalized spacial score (nSPS) is 15.8. The van der Waals surface area contributed by atoms with E-state index in [2.05, 4.69) is 19.9 Å². The van der Waals surface area contributed by atoms with E-state index in [1.807, 2.05) is 0 Å². The van der Waals surface area contributed by atoms with Gasteiger partial charge >= 0.3 is 65.2 Å². The van der Waals surface area contributed by atoms with Gasteiger partial charge in [-0.1, -0.05) is 0 Å². The quantitative estimate of drug-likeness (QED) is 0.396. The average molecular weight is 343 g/mol. The Hall–Kier alpha value is 0.930. The second-order valence-electron chi connectivity index (χ2n) is 2.33. The predicted molar refractivity (Wildman–Crippen MR) is 31.1 cm³/mol. The molecule has 0 heterocycles. The second kappa shape index (κ2) is 5.56. The third kappa shape index (κ3) is 3.36. The molecule has 0 fully saturated rings. The summed E-state index contributed by atoms with van der Waals surface area (Å²) < 4.78 is 1.67. The van der Waals surface area contributed by atoms with Gasteiger partial charge in [0.25, 0.3) is 0 Å². The summed E-state index contributed by atoms with van der Waals surface area (Å²) >= 11 is 1.25. The molecule has 0 spiro atoms. The molecule has 1 aliphatic rings. The molecule has 10 heavy (non-hydrogen) atoms. The minimum atomic E-state index is 0. The molecule has 1 rings (SSSR count). The van der Waals surface area contributed by atoms with Gasteiger partial charge in [-0.05, 0) is 0 Å². The van der Waals surface area contributed by atoms with Crippen LogP contribution >= 0.6 is 0 Å². The average Bonchev–Trinajstić information content (AvgIpc) is 1.85. The van der Waals surface area contributed by atoms with Crippen molar-refractivity contribution in [2.75, 3.05) is 0 Å². The molecule has 0 atom stereocenters. The summed E-state index contributed by atoms with van der Waals surface area (Å²) in [4.78, 5) is 0. The Morgan fingerprint density at radius 2 is 1.80 bits per heavy atom. The van der Waals surface area contributed by atoms with Crippen LogP contribution in [0.5, 0.6) is 0 Å². The largest absolute Gasteiger partial charge is 1.00 e. The minimum Gasteiger partial charge on any atom is -1.00 e. The summed E-state index contributed by atoms with van der Waals surface area (Å²) in [6.45, 7) is 4.41. The van der Waals surface area contributed by atoms with Crippen LogP contribution in [0.1, 0.15) is 20.3 Å². The fraction of sp³-hybridized carbons (Fsp3) is 0.429. The monoisotopic (exact) mass is 343 g/mol. The predicted octanol–water partition coefficient (Wildman–Crippen LogP) is -3.83. The van der Waals surface area contributed by atoms with E-state index in [0.717, 1.165) is 0 Å². The first-order valence-corrected chi connectivity index (χ1v) is 4.58. The van der Waals surface area contributed by atoms with Gasteiger partial charge in [0.2, 0.25) is 0 Å². The fourth-order valence-electron chi connectivity index (χ4n) is 0.926. The van der Waals surface area contributed by atoms with Gasteiger partial charge in [0.05, 0.1) is 0 Å². The van der Waals surface area contributed by atoms with Crippen LogP contribution in [0.3, 0.4) is 0 Å². The molecule has 0 aromatic heterocycles. The van der Waals surface area contributed by atoms with Crippen molar-refractivity contribution >= 4 is 0 Å². The second-order valence-corrected chi connectivity index (χ2v) is 4.50. The molecule has 0 bridgehead atoms. The molecule has 0 unspecified atom stereocenters. The first kappa shape index (κ1) is 13.5. The van der Waals surface area contributed by atoms with E-state index in [1.54, 1.807) is 3.33 Å². The molecule has 3 heteroatoms. The van der Waals surface area contributed by atoms with Gasteiger partial charge in [-0.15, -0.1) is 0 Å². The number of hydrogen-bond acceptors (Lipinski definition) is 0. The molecule has 0 aromatic carbocycles. The molecule has 1 aliphatic carbocycles. The van der Waals surface area contributed by atoms with Crippen LogP contribution in [-0.4, -0.2) is 0 Å². The Morgan fingerprint density at radius 1 is 1.30 bits per heavy atom. The maximum absolute atomic E-state index is 2.29. The summed E-state index contributed by atoms with van der Waals surface area (Å²) in [5.41, 5.74) is 3.06. The first-order chi connectivity index (χ1) is 3.70. The van der Waals surface area contributed by atoms with Crippen LogP contribution in [0.15, 0.2) is 20.6 Å². The van der Waals surface area contributed by atoms with E-state index >= 15 is 0 Å².